The molecule has 14 heteroatoms. The highest BCUT2D eigenvalue weighted by Crippen LogP contribution is 2.31. The van der Waals surface area contributed by atoms with Gasteiger partial charge in [-0.25, -0.2) is 24.7 Å². The number of fused-ring (bicyclic) bond motifs is 4. The predicted molar refractivity (Wildman–Crippen MR) is 290 cm³/mol. The fourth-order valence-corrected chi connectivity index (χ4v) is 8.92. The molecule has 3 N–H and O–H groups in total. The number of carbonyl (C=O) groups is 1. The highest BCUT2D eigenvalue weighted by Gasteiger charge is 2.20. The van der Waals surface area contributed by atoms with E-state index in [0.717, 1.165) is 72.4 Å². The van der Waals surface area contributed by atoms with Gasteiger partial charge in [0.1, 0.15) is 29.9 Å². The molecule has 0 unspecified atom stereocenters. The highest BCUT2D eigenvalue weighted by atomic mass is 16.6. The predicted octanol–water partition coefficient (Wildman–Crippen LogP) is 13.5. The maximum Gasteiger partial charge on any atom is 0.418 e. The summed E-state index contributed by atoms with van der Waals surface area (Å²) in [5.41, 5.74) is 11.8. The van der Waals surface area contributed by atoms with Crippen molar-refractivity contribution in [2.24, 2.45) is 0 Å². The topological polar surface area (TPSA) is 158 Å². The van der Waals surface area contributed by atoms with Gasteiger partial charge in [0.25, 0.3) is 0 Å². The summed E-state index contributed by atoms with van der Waals surface area (Å²) in [6.45, 7) is 9.77. The van der Waals surface area contributed by atoms with E-state index in [4.69, 9.17) is 14.7 Å². The third-order valence-corrected chi connectivity index (χ3v) is 12.7. The summed E-state index contributed by atoms with van der Waals surface area (Å²) in [5.74, 6) is 2.65. The van der Waals surface area contributed by atoms with Gasteiger partial charge < -0.3 is 20.4 Å². The molecule has 0 saturated carbocycles. The zero-order chi connectivity index (χ0) is 50.1. The van der Waals surface area contributed by atoms with Gasteiger partial charge in [-0.3, -0.25) is 13.7 Å². The first-order valence-corrected chi connectivity index (χ1v) is 24.2. The van der Waals surface area contributed by atoms with Crippen molar-refractivity contribution in [3.8, 4) is 33.9 Å². The van der Waals surface area contributed by atoms with Crippen LogP contribution in [0, 0.1) is 0 Å². The molecular weight excluding hydrogens is 909 g/mol. The zero-order valence-electron chi connectivity index (χ0n) is 41.0. The summed E-state index contributed by atoms with van der Waals surface area (Å²) in [7, 11) is 0. The van der Waals surface area contributed by atoms with Crippen molar-refractivity contribution in [2.75, 3.05) is 10.6 Å². The molecule has 12 aromatic rings. The van der Waals surface area contributed by atoms with E-state index in [1.54, 1.807) is 29.5 Å². The quantitative estimate of drug-likeness (QED) is 0.120. The molecule has 0 saturated heterocycles. The minimum atomic E-state index is -0.559. The molecule has 0 amide bonds. The van der Waals surface area contributed by atoms with Crippen LogP contribution < -0.4 is 10.6 Å². The summed E-state index contributed by atoms with van der Waals surface area (Å²) in [4.78, 5) is 43.5. The van der Waals surface area contributed by atoms with Crippen LogP contribution in [-0.2, 0) is 4.74 Å². The first-order valence-electron chi connectivity index (χ1n) is 24.2. The first kappa shape index (κ1) is 46.0. The van der Waals surface area contributed by atoms with Crippen molar-refractivity contribution < 1.29 is 9.53 Å². The molecule has 12 rings (SSSR count). The third-order valence-electron chi connectivity index (χ3n) is 12.7. The lowest BCUT2D eigenvalue weighted by atomic mass is 10.0. The Morgan fingerprint density at radius 2 is 1.04 bits per heavy atom. The van der Waals surface area contributed by atoms with Crippen LogP contribution in [-0.4, -0.2) is 60.3 Å². The number of anilines is 2. The van der Waals surface area contributed by atoms with Gasteiger partial charge in [0.05, 0.1) is 39.7 Å². The number of nitrogens with zero attached hydrogens (tertiary/aromatic N) is 9. The van der Waals surface area contributed by atoms with E-state index >= 15 is 0 Å². The number of H-pyrrole nitrogens is 1. The maximum atomic E-state index is 12.6. The molecule has 0 radical (unpaired) electrons. The summed E-state index contributed by atoms with van der Waals surface area (Å²) >= 11 is 0. The van der Waals surface area contributed by atoms with Crippen LogP contribution in [0.4, 0.5) is 16.7 Å². The van der Waals surface area contributed by atoms with Crippen LogP contribution in [0.1, 0.15) is 57.8 Å². The van der Waals surface area contributed by atoms with Gasteiger partial charge >= 0.3 is 6.09 Å². The van der Waals surface area contributed by atoms with Gasteiger partial charge in [-0.05, 0) is 146 Å². The SMILES string of the molecule is C[C@H](Nc1nccc(-n2cnc3cc(-c4ccc5[nH]ccc5c4)ccc32)n1)c1ccccc1.C[C@H](Nc1nccc(-n2cnc3cc(-c4ccc5c(ccn5C(=O)OC(C)(C)C)c4)ccc32)n1)c1ccccc1. The number of benzene rings is 6. The van der Waals surface area contributed by atoms with Crippen molar-refractivity contribution in [1.29, 1.82) is 0 Å². The van der Waals surface area contributed by atoms with E-state index in [-0.39, 0.29) is 18.2 Å². The van der Waals surface area contributed by atoms with Gasteiger partial charge in [-0.15, -0.1) is 0 Å². The lowest BCUT2D eigenvalue weighted by molar-refractivity contribution is 0.0544. The average Bonchev–Trinajstić information content (AvgIpc) is 4.24. The minimum Gasteiger partial charge on any atom is -0.443 e. The first-order chi connectivity index (χ1) is 35.5. The molecule has 0 aliphatic rings. The molecule has 6 aromatic heterocycles. The molecule has 0 aliphatic carbocycles. The molecule has 360 valence electrons. The van der Waals surface area contributed by atoms with Gasteiger partial charge in [-0.1, -0.05) is 84.9 Å². The Bertz CT molecular complexity index is 3910. The van der Waals surface area contributed by atoms with Crippen LogP contribution in [0.5, 0.6) is 0 Å². The molecule has 73 heavy (non-hydrogen) atoms. The molecule has 6 aromatic carbocycles. The largest absolute Gasteiger partial charge is 0.443 e. The van der Waals surface area contributed by atoms with E-state index in [1.165, 1.54) is 16.5 Å². The van der Waals surface area contributed by atoms with E-state index < -0.39 is 5.60 Å². The standard InChI is InChI=1S/C32H30N6O2.C27H22N6/c1-21(22-8-6-5-7-9-22)35-30-33-16-14-29(36-30)38-20-34-26-19-24(11-13-28(26)38)23-10-12-27-25(18-23)15-17-37(27)31(39)40-32(2,3)4;1-18(19-5-3-2-4-6-19)31-27-29-14-12-26(32-27)33-17-30-24-16-21(8-10-25(24)33)20-7-9-23-22(15-20)11-13-28-23/h5-21H,1-4H3,(H,33,35,36);2-18,28H,1H3,(H,29,31,32)/t21-;18-/m00/s1. The number of ether oxygens (including phenoxy) is 1. The van der Waals surface area contributed by atoms with Crippen molar-refractivity contribution in [1.82, 2.24) is 48.6 Å². The number of imidazole rings is 2. The molecular formula is C59H52N12O2. The second kappa shape index (κ2) is 19.4. The van der Waals surface area contributed by atoms with Crippen molar-refractivity contribution >= 4 is 61.9 Å². The molecule has 0 fully saturated rings. The molecule has 6 heterocycles. The van der Waals surface area contributed by atoms with Gasteiger partial charge in [0.15, 0.2) is 0 Å². The Morgan fingerprint density at radius 1 is 0.548 bits per heavy atom. The Hall–Kier alpha value is -9.43. The number of carbonyl (C=O) groups excluding carboxylic acids is 1. The number of hydrogen-bond donors (Lipinski definition) is 3. The van der Waals surface area contributed by atoms with Gasteiger partial charge in [0, 0.05) is 35.7 Å². The number of aromatic amines is 1. The number of aromatic nitrogens is 10. The lowest BCUT2D eigenvalue weighted by Crippen LogP contribution is -2.26. The maximum absolute atomic E-state index is 12.6. The van der Waals surface area contributed by atoms with E-state index in [9.17, 15) is 4.79 Å². The fourth-order valence-electron chi connectivity index (χ4n) is 8.92. The Balaban J connectivity index is 0.000000160. The Labute approximate surface area is 421 Å². The molecule has 14 nitrogen and oxygen atoms in total. The summed E-state index contributed by atoms with van der Waals surface area (Å²) in [6.07, 6.45) is 10.4. The smallest absolute Gasteiger partial charge is 0.418 e. The van der Waals surface area contributed by atoms with E-state index in [0.29, 0.717) is 11.9 Å². The highest BCUT2D eigenvalue weighted by molar-refractivity contribution is 5.93. The Morgan fingerprint density at radius 3 is 1.58 bits per heavy atom. The molecule has 0 aliphatic heterocycles. The van der Waals surface area contributed by atoms with Crippen LogP contribution in [0.15, 0.2) is 195 Å². The number of hydrogen-bond acceptors (Lipinski definition) is 10. The van der Waals surface area contributed by atoms with E-state index in [2.05, 4.69) is 140 Å². The number of nitrogens with one attached hydrogen (secondary N) is 3. The van der Waals surface area contributed by atoms with Crippen LogP contribution in [0.3, 0.4) is 0 Å². The number of rotatable bonds is 10. The Kier molecular flexibility index (Phi) is 12.2. The summed E-state index contributed by atoms with van der Waals surface area (Å²) in [6, 6.07) is 53.4. The normalized spacial score (nSPS) is 12.4. The summed E-state index contributed by atoms with van der Waals surface area (Å²) < 4.78 is 11.0. The van der Waals surface area contributed by atoms with Gasteiger partial charge in [-0.2, -0.15) is 9.97 Å². The van der Waals surface area contributed by atoms with Crippen molar-refractivity contribution in [2.45, 2.75) is 52.3 Å². The molecule has 2 atom stereocenters. The lowest BCUT2D eigenvalue weighted by Gasteiger charge is -2.19. The average molecular weight is 961 g/mol. The van der Waals surface area contributed by atoms with Crippen LogP contribution in [0.25, 0.3) is 77.8 Å². The fraction of sp³-hybridized carbons (Fsp3) is 0.136. The van der Waals surface area contributed by atoms with Crippen molar-refractivity contribution in [3.05, 3.63) is 206 Å². The monoisotopic (exact) mass is 960 g/mol. The van der Waals surface area contributed by atoms with Crippen LogP contribution >= 0.6 is 0 Å². The molecule has 0 spiro atoms. The second-order valence-corrected chi connectivity index (χ2v) is 18.9. The van der Waals surface area contributed by atoms with Crippen molar-refractivity contribution in [3.63, 3.8) is 0 Å². The van der Waals surface area contributed by atoms with Crippen LogP contribution in [0.2, 0.25) is 0 Å². The van der Waals surface area contributed by atoms with Gasteiger partial charge in [0.2, 0.25) is 11.9 Å². The zero-order valence-corrected chi connectivity index (χ0v) is 41.0. The minimum absolute atomic E-state index is 0.0666. The molecule has 0 bridgehead atoms. The third kappa shape index (κ3) is 9.86. The second-order valence-electron chi connectivity index (χ2n) is 18.9. The van der Waals surface area contributed by atoms with E-state index in [1.807, 2.05) is 109 Å². The summed E-state index contributed by atoms with van der Waals surface area (Å²) in [5, 5.41) is 8.94.